The summed E-state index contributed by atoms with van der Waals surface area (Å²) in [5.74, 6) is 1.68. The van der Waals surface area contributed by atoms with Crippen molar-refractivity contribution in [3.63, 3.8) is 0 Å². The maximum Gasteiger partial charge on any atom is 0.124 e. The highest BCUT2D eigenvalue weighted by Gasteiger charge is 2.17. The van der Waals surface area contributed by atoms with Gasteiger partial charge < -0.3 is 14.8 Å². The largest absolute Gasteiger partial charge is 0.497 e. The van der Waals surface area contributed by atoms with E-state index in [0.717, 1.165) is 17.1 Å². The van der Waals surface area contributed by atoms with Gasteiger partial charge in [-0.15, -0.1) is 0 Å². The van der Waals surface area contributed by atoms with Gasteiger partial charge in [-0.25, -0.2) is 0 Å². The Hall–Kier alpha value is -2.00. The Morgan fingerprint density at radius 2 is 1.68 bits per heavy atom. The number of nitrogens with one attached hydrogen (secondary N) is 1. The Morgan fingerprint density at radius 3 is 2.26 bits per heavy atom. The van der Waals surface area contributed by atoms with Gasteiger partial charge in [0.25, 0.3) is 0 Å². The molecule has 3 heteroatoms. The van der Waals surface area contributed by atoms with Crippen LogP contribution >= 0.6 is 0 Å². The molecule has 0 aromatic heterocycles. The number of benzene rings is 2. The predicted octanol–water partition coefficient (Wildman–Crippen LogP) is 3.01. The summed E-state index contributed by atoms with van der Waals surface area (Å²) in [5, 5.41) is 3.33. The van der Waals surface area contributed by atoms with Crippen LogP contribution in [0.3, 0.4) is 0 Å². The highest BCUT2D eigenvalue weighted by Crippen LogP contribution is 2.32. The van der Waals surface area contributed by atoms with Crippen LogP contribution in [0.15, 0.2) is 48.5 Å². The summed E-state index contributed by atoms with van der Waals surface area (Å²) in [6.07, 6.45) is 0. The van der Waals surface area contributed by atoms with Crippen LogP contribution in [0.4, 0.5) is 0 Å². The number of hydrogen-bond acceptors (Lipinski definition) is 3. The van der Waals surface area contributed by atoms with E-state index in [9.17, 15) is 0 Å². The molecule has 2 aromatic carbocycles. The Kier molecular flexibility index (Phi) is 4.42. The van der Waals surface area contributed by atoms with Crippen LogP contribution < -0.4 is 14.8 Å². The van der Waals surface area contributed by atoms with Gasteiger partial charge in [0.15, 0.2) is 0 Å². The number of hydrogen-bond donors (Lipinski definition) is 1. The lowest BCUT2D eigenvalue weighted by molar-refractivity contribution is 0.395. The molecule has 0 radical (unpaired) electrons. The molecule has 0 amide bonds. The van der Waals surface area contributed by atoms with E-state index in [1.165, 1.54) is 5.56 Å². The van der Waals surface area contributed by atoms with Crippen molar-refractivity contribution in [1.29, 1.82) is 0 Å². The zero-order chi connectivity index (χ0) is 13.7. The molecular weight excluding hydrogens is 238 g/mol. The normalized spacial score (nSPS) is 11.9. The summed E-state index contributed by atoms with van der Waals surface area (Å²) in [6, 6.07) is 16.2. The molecule has 0 saturated carbocycles. The summed E-state index contributed by atoms with van der Waals surface area (Å²) >= 11 is 0. The van der Waals surface area contributed by atoms with Crippen LogP contribution in [0.1, 0.15) is 17.2 Å². The Bertz CT molecular complexity index is 526. The maximum absolute atomic E-state index is 5.45. The van der Waals surface area contributed by atoms with Crippen LogP contribution in [-0.2, 0) is 0 Å². The van der Waals surface area contributed by atoms with Crippen molar-refractivity contribution in [2.75, 3.05) is 21.3 Å². The van der Waals surface area contributed by atoms with Crippen molar-refractivity contribution in [2.45, 2.75) is 6.04 Å². The van der Waals surface area contributed by atoms with Gasteiger partial charge in [0.05, 0.1) is 20.3 Å². The van der Waals surface area contributed by atoms with Crippen molar-refractivity contribution in [1.82, 2.24) is 5.32 Å². The summed E-state index contributed by atoms with van der Waals surface area (Å²) in [7, 11) is 5.29. The fourth-order valence-electron chi connectivity index (χ4n) is 2.21. The first-order valence-electron chi connectivity index (χ1n) is 6.24. The van der Waals surface area contributed by atoms with E-state index in [2.05, 4.69) is 17.4 Å². The molecule has 0 spiro atoms. The molecule has 2 aromatic rings. The Labute approximate surface area is 114 Å². The smallest absolute Gasteiger partial charge is 0.124 e. The third-order valence-electron chi connectivity index (χ3n) is 3.17. The second-order valence-corrected chi connectivity index (χ2v) is 4.24. The van der Waals surface area contributed by atoms with Crippen LogP contribution in [-0.4, -0.2) is 21.3 Å². The van der Waals surface area contributed by atoms with Gasteiger partial charge in [0.1, 0.15) is 11.5 Å². The summed E-state index contributed by atoms with van der Waals surface area (Å²) in [4.78, 5) is 0. The van der Waals surface area contributed by atoms with Gasteiger partial charge in [-0.3, -0.25) is 0 Å². The zero-order valence-electron chi connectivity index (χ0n) is 11.5. The molecule has 0 saturated heterocycles. The zero-order valence-corrected chi connectivity index (χ0v) is 11.5. The van der Waals surface area contributed by atoms with Gasteiger partial charge in [0, 0.05) is 5.56 Å². The van der Waals surface area contributed by atoms with E-state index in [1.54, 1.807) is 14.2 Å². The second kappa shape index (κ2) is 6.25. The molecule has 0 fully saturated rings. The molecule has 0 aliphatic heterocycles. The average molecular weight is 257 g/mol. The quantitative estimate of drug-likeness (QED) is 0.893. The fraction of sp³-hybridized carbons (Fsp3) is 0.250. The molecule has 1 atom stereocenters. The highest BCUT2D eigenvalue weighted by molar-refractivity contribution is 5.46. The van der Waals surface area contributed by atoms with Crippen LogP contribution in [0, 0.1) is 0 Å². The summed E-state index contributed by atoms with van der Waals surface area (Å²) in [5.41, 5.74) is 2.26. The first-order valence-corrected chi connectivity index (χ1v) is 6.24. The van der Waals surface area contributed by atoms with E-state index >= 15 is 0 Å². The number of rotatable bonds is 5. The van der Waals surface area contributed by atoms with Crippen LogP contribution in [0.2, 0.25) is 0 Å². The van der Waals surface area contributed by atoms with E-state index in [1.807, 2.05) is 43.4 Å². The minimum absolute atomic E-state index is 0.0752. The van der Waals surface area contributed by atoms with Crippen molar-refractivity contribution in [2.24, 2.45) is 0 Å². The van der Waals surface area contributed by atoms with Crippen LogP contribution in [0.25, 0.3) is 0 Å². The molecule has 19 heavy (non-hydrogen) atoms. The Morgan fingerprint density at radius 1 is 0.947 bits per heavy atom. The monoisotopic (exact) mass is 257 g/mol. The topological polar surface area (TPSA) is 30.5 Å². The molecule has 100 valence electrons. The van der Waals surface area contributed by atoms with Crippen LogP contribution in [0.5, 0.6) is 11.5 Å². The first kappa shape index (κ1) is 13.4. The number of ether oxygens (including phenoxy) is 2. The Balaban J connectivity index is 2.48. The first-order chi connectivity index (χ1) is 9.30. The number of methoxy groups -OCH3 is 2. The van der Waals surface area contributed by atoms with Gasteiger partial charge >= 0.3 is 0 Å². The third kappa shape index (κ3) is 2.88. The summed E-state index contributed by atoms with van der Waals surface area (Å²) in [6.45, 7) is 0. The van der Waals surface area contributed by atoms with Gasteiger partial charge in [0.2, 0.25) is 0 Å². The molecule has 0 aliphatic carbocycles. The molecule has 1 N–H and O–H groups in total. The van der Waals surface area contributed by atoms with Gasteiger partial charge in [-0.1, -0.05) is 30.3 Å². The SMILES string of the molecule is CNC(c1ccccc1)c1cc(OC)ccc1OC. The minimum atomic E-state index is 0.0752. The minimum Gasteiger partial charge on any atom is -0.497 e. The lowest BCUT2D eigenvalue weighted by Gasteiger charge is -2.20. The third-order valence-corrected chi connectivity index (χ3v) is 3.17. The molecule has 3 nitrogen and oxygen atoms in total. The standard InChI is InChI=1S/C16H19NO2/c1-17-16(12-7-5-4-6-8-12)14-11-13(18-2)9-10-15(14)19-3/h4-11,16-17H,1-3H3. The fourth-order valence-corrected chi connectivity index (χ4v) is 2.21. The van der Waals surface area contributed by atoms with Crippen molar-refractivity contribution in [3.05, 3.63) is 59.7 Å². The van der Waals surface area contributed by atoms with Crippen molar-refractivity contribution in [3.8, 4) is 11.5 Å². The molecule has 1 unspecified atom stereocenters. The predicted molar refractivity (Wildman–Crippen MR) is 76.9 cm³/mol. The maximum atomic E-state index is 5.45. The lowest BCUT2D eigenvalue weighted by Crippen LogP contribution is -2.18. The molecule has 2 rings (SSSR count). The van der Waals surface area contributed by atoms with Crippen molar-refractivity contribution < 1.29 is 9.47 Å². The highest BCUT2D eigenvalue weighted by atomic mass is 16.5. The molecule has 0 aliphatic rings. The second-order valence-electron chi connectivity index (χ2n) is 4.24. The lowest BCUT2D eigenvalue weighted by atomic mass is 9.98. The van der Waals surface area contributed by atoms with Gasteiger partial charge in [-0.05, 0) is 30.8 Å². The van der Waals surface area contributed by atoms with Crippen molar-refractivity contribution >= 4 is 0 Å². The summed E-state index contributed by atoms with van der Waals surface area (Å²) < 4.78 is 10.8. The molecular formula is C16H19NO2. The van der Waals surface area contributed by atoms with E-state index < -0.39 is 0 Å². The van der Waals surface area contributed by atoms with E-state index in [-0.39, 0.29) is 6.04 Å². The molecule has 0 heterocycles. The van der Waals surface area contributed by atoms with E-state index in [0.29, 0.717) is 0 Å². The van der Waals surface area contributed by atoms with E-state index in [4.69, 9.17) is 9.47 Å². The molecule has 0 bridgehead atoms. The van der Waals surface area contributed by atoms with Gasteiger partial charge in [-0.2, -0.15) is 0 Å². The average Bonchev–Trinajstić information content (AvgIpc) is 2.49.